The molecule has 2 amide bonds. The Labute approximate surface area is 333 Å². The lowest BCUT2D eigenvalue weighted by Gasteiger charge is -2.71. The van der Waals surface area contributed by atoms with Crippen molar-refractivity contribution in [2.75, 3.05) is 32.9 Å². The second-order valence-electron chi connectivity index (χ2n) is 19.1. The zero-order valence-corrected chi connectivity index (χ0v) is 35.3. The minimum atomic E-state index is -0.919. The molecule has 12 atom stereocenters. The first-order valence-electron chi connectivity index (χ1n) is 21.0. The molecule has 1 saturated heterocycles. The Morgan fingerprint density at radius 3 is 2.34 bits per heavy atom. The van der Waals surface area contributed by atoms with E-state index >= 15 is 0 Å². The maximum atomic E-state index is 13.7. The number of unbranched alkanes of at least 4 members (excludes halogenated alkanes) is 1. The lowest BCUT2D eigenvalue weighted by atomic mass is 9.34. The van der Waals surface area contributed by atoms with Gasteiger partial charge in [0.2, 0.25) is 0 Å². The molecule has 316 valence electrons. The van der Waals surface area contributed by atoms with Crippen LogP contribution in [0.5, 0.6) is 0 Å². The van der Waals surface area contributed by atoms with E-state index in [9.17, 15) is 29.1 Å². The minimum absolute atomic E-state index is 0.0891. The maximum Gasteiger partial charge on any atom is 0.325 e. The van der Waals surface area contributed by atoms with Crippen molar-refractivity contribution in [3.05, 3.63) is 11.6 Å². The van der Waals surface area contributed by atoms with Gasteiger partial charge < -0.3 is 40.4 Å². The number of urea groups is 1. The lowest BCUT2D eigenvalue weighted by Crippen LogP contribution is -2.70. The third-order valence-corrected chi connectivity index (χ3v) is 15.9. The molecule has 3 saturated carbocycles. The van der Waals surface area contributed by atoms with Gasteiger partial charge >= 0.3 is 29.9 Å². The van der Waals surface area contributed by atoms with Gasteiger partial charge in [-0.25, -0.2) is 4.79 Å². The number of hydrogen-bond donors (Lipinski definition) is 4. The van der Waals surface area contributed by atoms with Gasteiger partial charge in [0, 0.05) is 24.3 Å². The molecule has 0 aromatic heterocycles. The number of carbonyl (C=O) groups excluding carboxylic acids is 4. The number of nitrogens with one attached hydrogen (secondary N) is 2. The highest BCUT2D eigenvalue weighted by Crippen LogP contribution is 2.75. The molecule has 5 N–H and O–H groups in total. The van der Waals surface area contributed by atoms with Crippen molar-refractivity contribution in [1.29, 1.82) is 0 Å². The van der Waals surface area contributed by atoms with Crippen LogP contribution in [0.1, 0.15) is 120 Å². The van der Waals surface area contributed by atoms with Crippen LogP contribution >= 0.6 is 0 Å². The number of allylic oxidation sites excluding steroid dienone is 1. The summed E-state index contributed by atoms with van der Waals surface area (Å²) in [4.78, 5) is 63.2. The Kier molecular flexibility index (Phi) is 13.0. The highest BCUT2D eigenvalue weighted by molar-refractivity contribution is 5.80. The number of hydrogen-bond acceptors (Lipinski definition) is 10. The molecule has 4 fully saturated rings. The van der Waals surface area contributed by atoms with Crippen LogP contribution in [-0.2, 0) is 38.1 Å². The number of carboxylic acid groups (broad SMARTS) is 1. The van der Waals surface area contributed by atoms with Crippen molar-refractivity contribution in [3.63, 3.8) is 0 Å². The largest absolute Gasteiger partial charge is 0.481 e. The van der Waals surface area contributed by atoms with E-state index in [1.54, 1.807) is 6.92 Å². The highest BCUT2D eigenvalue weighted by atomic mass is 16.6. The number of esters is 3. The molecule has 2 bridgehead atoms. The molecule has 0 radical (unpaired) electrons. The molecule has 1 unspecified atom stereocenters. The lowest BCUT2D eigenvalue weighted by molar-refractivity contribution is -0.263. The second kappa shape index (κ2) is 16.6. The van der Waals surface area contributed by atoms with Crippen LogP contribution in [0.25, 0.3) is 0 Å². The summed E-state index contributed by atoms with van der Waals surface area (Å²) in [6.07, 6.45) is 6.95. The van der Waals surface area contributed by atoms with Crippen LogP contribution in [0.3, 0.4) is 0 Å². The van der Waals surface area contributed by atoms with Gasteiger partial charge in [0.1, 0.15) is 24.8 Å². The Morgan fingerprint density at radius 2 is 1.70 bits per heavy atom. The van der Waals surface area contributed by atoms with E-state index in [4.69, 9.17) is 24.7 Å². The topological polar surface area (TPSA) is 193 Å². The number of nitrogens with two attached hydrogens (primary N) is 1. The summed E-state index contributed by atoms with van der Waals surface area (Å²) in [6.45, 7) is 19.7. The predicted molar refractivity (Wildman–Crippen MR) is 209 cm³/mol. The molecular formula is C43H69N3O10. The fraction of sp³-hybridized carbons (Fsp3) is 0.837. The quantitative estimate of drug-likeness (QED) is 0.0722. The molecule has 5 rings (SSSR count). The second-order valence-corrected chi connectivity index (χ2v) is 19.1. The van der Waals surface area contributed by atoms with Gasteiger partial charge in [-0.3, -0.25) is 19.2 Å². The molecule has 0 spiro atoms. The number of carbonyl (C=O) groups is 5. The summed E-state index contributed by atoms with van der Waals surface area (Å²) < 4.78 is 23.7. The van der Waals surface area contributed by atoms with E-state index in [0.717, 1.165) is 25.7 Å². The highest BCUT2D eigenvalue weighted by Gasteiger charge is 2.72. The van der Waals surface area contributed by atoms with E-state index in [1.165, 1.54) is 12.5 Å². The van der Waals surface area contributed by atoms with E-state index in [0.29, 0.717) is 57.8 Å². The van der Waals surface area contributed by atoms with Crippen LogP contribution in [0, 0.1) is 56.7 Å². The Bertz CT molecular complexity index is 1550. The molecule has 13 nitrogen and oxygen atoms in total. The number of ether oxygens (including phenoxy) is 4. The first kappa shape index (κ1) is 43.9. The average Bonchev–Trinajstić information content (AvgIpc) is 3.11. The Morgan fingerprint density at radius 1 is 0.982 bits per heavy atom. The van der Waals surface area contributed by atoms with E-state index in [2.05, 4.69) is 65.2 Å². The van der Waals surface area contributed by atoms with Crippen molar-refractivity contribution < 1.29 is 48.0 Å². The fourth-order valence-corrected chi connectivity index (χ4v) is 12.6. The van der Waals surface area contributed by atoms with Crippen molar-refractivity contribution in [3.8, 4) is 0 Å². The Hall–Kier alpha value is -3.19. The van der Waals surface area contributed by atoms with Crippen molar-refractivity contribution in [2.24, 2.45) is 62.4 Å². The third kappa shape index (κ3) is 7.60. The minimum Gasteiger partial charge on any atom is -0.481 e. The van der Waals surface area contributed by atoms with Crippen LogP contribution < -0.4 is 16.4 Å². The number of fused-ring (bicyclic) bond motifs is 3. The van der Waals surface area contributed by atoms with Gasteiger partial charge in [0.05, 0.1) is 25.7 Å². The van der Waals surface area contributed by atoms with Crippen molar-refractivity contribution in [2.45, 2.75) is 138 Å². The maximum absolute atomic E-state index is 13.7. The normalized spacial score (nSPS) is 38.3. The van der Waals surface area contributed by atoms with E-state index < -0.39 is 70.3 Å². The molecule has 56 heavy (non-hydrogen) atoms. The van der Waals surface area contributed by atoms with Gasteiger partial charge in [-0.2, -0.15) is 0 Å². The zero-order chi connectivity index (χ0) is 41.4. The van der Waals surface area contributed by atoms with Crippen molar-refractivity contribution in [1.82, 2.24) is 10.6 Å². The van der Waals surface area contributed by atoms with Gasteiger partial charge in [-0.1, -0.05) is 60.1 Å². The summed E-state index contributed by atoms with van der Waals surface area (Å²) in [6, 6.07) is -1.41. The average molecular weight is 788 g/mol. The van der Waals surface area contributed by atoms with Crippen LogP contribution in [0.4, 0.5) is 4.79 Å². The molecule has 5 aliphatic rings. The summed E-state index contributed by atoms with van der Waals surface area (Å²) in [5.74, 6) is -1.90. The molecule has 1 heterocycles. The first-order chi connectivity index (χ1) is 26.2. The van der Waals surface area contributed by atoms with Crippen LogP contribution in [0.15, 0.2) is 11.6 Å². The number of amides is 2. The molecule has 0 aromatic rings. The molecule has 4 aliphatic carbocycles. The van der Waals surface area contributed by atoms with Gasteiger partial charge in [0.25, 0.3) is 0 Å². The summed E-state index contributed by atoms with van der Waals surface area (Å²) in [5.41, 5.74) is 5.51. The van der Waals surface area contributed by atoms with E-state index in [1.807, 2.05) is 0 Å². The third-order valence-electron chi connectivity index (χ3n) is 15.9. The van der Waals surface area contributed by atoms with Crippen LogP contribution in [-0.4, -0.2) is 86.2 Å². The summed E-state index contributed by atoms with van der Waals surface area (Å²) in [7, 11) is 0. The molecular weight excluding hydrogens is 718 g/mol. The summed E-state index contributed by atoms with van der Waals surface area (Å²) >= 11 is 0. The molecule has 0 aromatic carbocycles. The zero-order valence-electron chi connectivity index (χ0n) is 35.3. The first-order valence-corrected chi connectivity index (χ1v) is 21.0. The summed E-state index contributed by atoms with van der Waals surface area (Å²) in [5, 5.41) is 16.1. The number of carboxylic acids is 1. The van der Waals surface area contributed by atoms with Gasteiger partial charge in [0.15, 0.2) is 0 Å². The van der Waals surface area contributed by atoms with Gasteiger partial charge in [-0.05, 0) is 105 Å². The monoisotopic (exact) mass is 787 g/mol. The van der Waals surface area contributed by atoms with Crippen LogP contribution in [0.2, 0.25) is 0 Å². The standard InChI is InChI=1S/C43H69N3O10/c1-10-54-33(48)22-46-38(52)45-20-12-11-13-30(44)37(51)56-35-31(55-27(5)47)21-43-24-53-23-40(35,7)32(43)15-14-28-29(43)16-17-42(9)34(36(49)50)39(6,26(4)25(2)3)18-19-41(28,42)8/h16,25-26,28,30-32,34-35H,10-15,17-24,44H2,1-9H3,(H,49,50)(H2,45,46,52)/t26-,28+,30?,31-,32+,34-,35+,39-,40-,41-,42+,43-/m1/s1. The van der Waals surface area contributed by atoms with Crippen molar-refractivity contribution >= 4 is 29.9 Å². The van der Waals surface area contributed by atoms with E-state index in [-0.39, 0.29) is 41.7 Å². The number of aliphatic carboxylic acids is 1. The number of rotatable bonds is 14. The van der Waals surface area contributed by atoms with Gasteiger partial charge in [-0.15, -0.1) is 0 Å². The fourth-order valence-electron chi connectivity index (χ4n) is 12.6. The smallest absolute Gasteiger partial charge is 0.325 e. The SMILES string of the molecule is CCOC(=O)CNC(=O)NCCCCC(N)C(=O)O[C@H]1[C@H](OC(C)=O)C[C@]23COC[C@]1(C)[C@@H]2CC[C@H]1C3=CC[C@@]2(C)[C@H](C(=O)O)[C@@](C)([C@H](C)C(C)C)CC[C@]12C. The predicted octanol–water partition coefficient (Wildman–Crippen LogP) is 5.78. The molecule has 13 heteroatoms. The Balaban J connectivity index is 1.34. The molecule has 1 aliphatic heterocycles.